The van der Waals surface area contributed by atoms with Crippen molar-refractivity contribution in [1.29, 1.82) is 0 Å². The van der Waals surface area contributed by atoms with Gasteiger partial charge in [-0.3, -0.25) is 0 Å². The monoisotopic (exact) mass is 295 g/mol. The van der Waals surface area contributed by atoms with Crippen LogP contribution in [-0.2, 0) is 0 Å². The SMILES string of the molecule is CCCNCCC1CCN(CCNCC2CCCCC2)C1. The fourth-order valence-electron chi connectivity index (χ4n) is 3.89. The van der Waals surface area contributed by atoms with E-state index in [1.165, 1.54) is 97.2 Å². The highest BCUT2D eigenvalue weighted by Gasteiger charge is 2.21. The fourth-order valence-corrected chi connectivity index (χ4v) is 3.89. The minimum absolute atomic E-state index is 0.938. The van der Waals surface area contributed by atoms with Gasteiger partial charge in [0.25, 0.3) is 0 Å². The highest BCUT2D eigenvalue weighted by atomic mass is 15.2. The molecule has 0 aromatic heterocycles. The Morgan fingerprint density at radius 1 is 0.905 bits per heavy atom. The summed E-state index contributed by atoms with van der Waals surface area (Å²) in [5, 5.41) is 7.24. The van der Waals surface area contributed by atoms with E-state index >= 15 is 0 Å². The van der Waals surface area contributed by atoms with Gasteiger partial charge in [0.05, 0.1) is 0 Å². The average molecular weight is 296 g/mol. The summed E-state index contributed by atoms with van der Waals surface area (Å²) in [6.45, 7) is 11.0. The standard InChI is InChI=1S/C18H37N3/c1-2-10-19-11-8-18-9-13-21(16-18)14-12-20-15-17-6-4-3-5-7-17/h17-20H,2-16H2,1H3. The van der Waals surface area contributed by atoms with Gasteiger partial charge in [0.1, 0.15) is 0 Å². The van der Waals surface area contributed by atoms with Gasteiger partial charge in [-0.1, -0.05) is 26.2 Å². The van der Waals surface area contributed by atoms with Crippen LogP contribution in [0.5, 0.6) is 0 Å². The Morgan fingerprint density at radius 2 is 1.76 bits per heavy atom. The van der Waals surface area contributed by atoms with Crippen LogP contribution < -0.4 is 10.6 Å². The fraction of sp³-hybridized carbons (Fsp3) is 1.00. The Balaban J connectivity index is 1.44. The predicted molar refractivity (Wildman–Crippen MR) is 91.8 cm³/mol. The second-order valence-corrected chi connectivity index (χ2v) is 7.20. The highest BCUT2D eigenvalue weighted by Crippen LogP contribution is 2.22. The molecule has 0 bridgehead atoms. The van der Waals surface area contributed by atoms with Gasteiger partial charge < -0.3 is 15.5 Å². The van der Waals surface area contributed by atoms with E-state index in [2.05, 4.69) is 22.5 Å². The van der Waals surface area contributed by atoms with Crippen LogP contribution in [0, 0.1) is 11.8 Å². The van der Waals surface area contributed by atoms with Crippen LogP contribution in [-0.4, -0.2) is 50.7 Å². The average Bonchev–Trinajstić information content (AvgIpc) is 2.97. The molecule has 0 aromatic rings. The summed E-state index contributed by atoms with van der Waals surface area (Å²) in [6, 6.07) is 0. The molecule has 2 fully saturated rings. The van der Waals surface area contributed by atoms with Crippen LogP contribution in [0.1, 0.15) is 58.3 Å². The zero-order valence-corrected chi connectivity index (χ0v) is 14.2. The molecule has 3 nitrogen and oxygen atoms in total. The Bertz CT molecular complexity index is 251. The van der Waals surface area contributed by atoms with Gasteiger partial charge in [0.15, 0.2) is 0 Å². The molecular weight excluding hydrogens is 258 g/mol. The molecule has 1 atom stereocenters. The number of hydrogen-bond donors (Lipinski definition) is 2. The van der Waals surface area contributed by atoms with Crippen LogP contribution in [0.3, 0.4) is 0 Å². The maximum absolute atomic E-state index is 3.70. The lowest BCUT2D eigenvalue weighted by Gasteiger charge is -2.23. The Hall–Kier alpha value is -0.120. The molecule has 2 N–H and O–H groups in total. The second kappa shape index (κ2) is 10.6. The first-order valence-corrected chi connectivity index (χ1v) is 9.52. The second-order valence-electron chi connectivity index (χ2n) is 7.20. The van der Waals surface area contributed by atoms with Crippen molar-refractivity contribution in [3.05, 3.63) is 0 Å². The normalized spacial score (nSPS) is 24.7. The summed E-state index contributed by atoms with van der Waals surface area (Å²) in [7, 11) is 0. The topological polar surface area (TPSA) is 27.3 Å². The van der Waals surface area contributed by atoms with E-state index in [0.29, 0.717) is 0 Å². The van der Waals surface area contributed by atoms with E-state index < -0.39 is 0 Å². The molecule has 21 heavy (non-hydrogen) atoms. The van der Waals surface area contributed by atoms with Crippen molar-refractivity contribution in [1.82, 2.24) is 15.5 Å². The molecule has 1 saturated heterocycles. The highest BCUT2D eigenvalue weighted by molar-refractivity contribution is 4.77. The van der Waals surface area contributed by atoms with Crippen LogP contribution in [0.2, 0.25) is 0 Å². The van der Waals surface area contributed by atoms with Crippen LogP contribution in [0.25, 0.3) is 0 Å². The van der Waals surface area contributed by atoms with Gasteiger partial charge >= 0.3 is 0 Å². The molecule has 1 aliphatic heterocycles. The zero-order chi connectivity index (χ0) is 14.8. The number of nitrogens with zero attached hydrogens (tertiary/aromatic N) is 1. The van der Waals surface area contributed by atoms with Crippen molar-refractivity contribution in [3.8, 4) is 0 Å². The molecule has 124 valence electrons. The smallest absolute Gasteiger partial charge is 0.0107 e. The van der Waals surface area contributed by atoms with E-state index in [0.717, 1.165) is 11.8 Å². The Morgan fingerprint density at radius 3 is 2.57 bits per heavy atom. The van der Waals surface area contributed by atoms with E-state index in [1.807, 2.05) is 0 Å². The molecule has 0 radical (unpaired) electrons. The molecule has 2 aliphatic rings. The number of hydrogen-bond acceptors (Lipinski definition) is 3. The van der Waals surface area contributed by atoms with E-state index in [1.54, 1.807) is 0 Å². The molecule has 2 rings (SSSR count). The lowest BCUT2D eigenvalue weighted by Crippen LogP contribution is -2.33. The molecule has 1 saturated carbocycles. The Labute approximate surface area is 132 Å². The first kappa shape index (κ1) is 17.2. The van der Waals surface area contributed by atoms with Crippen LogP contribution in [0.4, 0.5) is 0 Å². The minimum atomic E-state index is 0.938. The zero-order valence-electron chi connectivity index (χ0n) is 14.2. The molecule has 0 spiro atoms. The third-order valence-electron chi connectivity index (χ3n) is 5.29. The van der Waals surface area contributed by atoms with Gasteiger partial charge in [-0.15, -0.1) is 0 Å². The first-order chi connectivity index (χ1) is 10.4. The molecular formula is C18H37N3. The lowest BCUT2D eigenvalue weighted by molar-refractivity contribution is 0.301. The largest absolute Gasteiger partial charge is 0.317 e. The van der Waals surface area contributed by atoms with Crippen LogP contribution >= 0.6 is 0 Å². The lowest BCUT2D eigenvalue weighted by atomic mass is 9.89. The van der Waals surface area contributed by atoms with Crippen LogP contribution in [0.15, 0.2) is 0 Å². The summed E-state index contributed by atoms with van der Waals surface area (Å²) in [4.78, 5) is 2.67. The van der Waals surface area contributed by atoms with Crippen molar-refractivity contribution in [3.63, 3.8) is 0 Å². The Kier molecular flexibility index (Phi) is 8.68. The van der Waals surface area contributed by atoms with E-state index in [9.17, 15) is 0 Å². The van der Waals surface area contributed by atoms with Crippen molar-refractivity contribution in [2.75, 3.05) is 45.8 Å². The molecule has 1 aliphatic carbocycles. The van der Waals surface area contributed by atoms with Crippen molar-refractivity contribution in [2.45, 2.75) is 58.3 Å². The quantitative estimate of drug-likeness (QED) is 0.607. The number of rotatable bonds is 10. The number of likely N-dealkylation sites (tertiary alicyclic amines) is 1. The van der Waals surface area contributed by atoms with Crippen molar-refractivity contribution >= 4 is 0 Å². The van der Waals surface area contributed by atoms with Gasteiger partial charge in [-0.05, 0) is 70.1 Å². The van der Waals surface area contributed by atoms with Crippen molar-refractivity contribution < 1.29 is 0 Å². The summed E-state index contributed by atoms with van der Waals surface area (Å²) in [5.74, 6) is 1.91. The maximum atomic E-state index is 3.70. The third-order valence-corrected chi connectivity index (χ3v) is 5.29. The van der Waals surface area contributed by atoms with Crippen molar-refractivity contribution in [2.24, 2.45) is 11.8 Å². The minimum Gasteiger partial charge on any atom is -0.317 e. The first-order valence-electron chi connectivity index (χ1n) is 9.52. The maximum Gasteiger partial charge on any atom is 0.0107 e. The summed E-state index contributed by atoms with van der Waals surface area (Å²) in [5.41, 5.74) is 0. The molecule has 1 heterocycles. The molecule has 1 unspecified atom stereocenters. The third kappa shape index (κ3) is 7.12. The molecule has 0 amide bonds. The van der Waals surface area contributed by atoms with Gasteiger partial charge in [0.2, 0.25) is 0 Å². The van der Waals surface area contributed by atoms with E-state index in [4.69, 9.17) is 0 Å². The van der Waals surface area contributed by atoms with Gasteiger partial charge in [0, 0.05) is 19.6 Å². The number of nitrogens with one attached hydrogen (secondary N) is 2. The van der Waals surface area contributed by atoms with Gasteiger partial charge in [-0.25, -0.2) is 0 Å². The summed E-state index contributed by atoms with van der Waals surface area (Å²) < 4.78 is 0. The van der Waals surface area contributed by atoms with Gasteiger partial charge in [-0.2, -0.15) is 0 Å². The summed E-state index contributed by atoms with van der Waals surface area (Å²) >= 11 is 0. The van der Waals surface area contributed by atoms with E-state index in [-0.39, 0.29) is 0 Å². The summed E-state index contributed by atoms with van der Waals surface area (Å²) in [6.07, 6.45) is 11.4. The predicted octanol–water partition coefficient (Wildman–Crippen LogP) is 2.87. The molecule has 3 heteroatoms. The molecule has 0 aromatic carbocycles.